The molecule has 0 aromatic carbocycles. The van der Waals surface area contributed by atoms with Gasteiger partial charge in [0.1, 0.15) is 11.3 Å². The third-order valence-corrected chi connectivity index (χ3v) is 5.57. The van der Waals surface area contributed by atoms with Crippen LogP contribution in [0.4, 0.5) is 0 Å². The molecular weight excluding hydrogens is 332 g/mol. The molecule has 0 heterocycles. The predicted octanol–water partition coefficient (Wildman–Crippen LogP) is 3.58. The molecule has 5 heteroatoms. The monoisotopic (exact) mass is 368 g/mol. The van der Waals surface area contributed by atoms with E-state index >= 15 is 0 Å². The van der Waals surface area contributed by atoms with Gasteiger partial charge in [0.25, 0.3) is 0 Å². The highest BCUT2D eigenvalue weighted by atomic mass is 16.4. The Balaban J connectivity index is 3.29. The third-order valence-electron chi connectivity index (χ3n) is 5.57. The average Bonchev–Trinajstić information content (AvgIpc) is 2.76. The van der Waals surface area contributed by atoms with Crippen molar-refractivity contribution in [1.29, 1.82) is 0 Å². The first-order chi connectivity index (χ1) is 12.0. The molecule has 0 aromatic heterocycles. The molecule has 0 aliphatic heterocycles. The number of Topliss-reactive ketones (excluding diaryl/α,β-unsaturated/α-hetero) is 2. The molecule has 5 nitrogen and oxygen atoms in total. The van der Waals surface area contributed by atoms with E-state index in [-0.39, 0.29) is 12.0 Å². The van der Waals surface area contributed by atoms with Gasteiger partial charge in [-0.2, -0.15) is 0 Å². The number of hydrogen-bond acceptors (Lipinski definition) is 5. The fourth-order valence-electron chi connectivity index (χ4n) is 3.48. The van der Waals surface area contributed by atoms with Crippen LogP contribution in [0.5, 0.6) is 0 Å². The first-order valence-corrected chi connectivity index (χ1v) is 9.90. The van der Waals surface area contributed by atoms with Crippen molar-refractivity contribution in [2.75, 3.05) is 0 Å². The Morgan fingerprint density at radius 2 is 1.62 bits per heavy atom. The van der Waals surface area contributed by atoms with Crippen LogP contribution >= 0.6 is 0 Å². The van der Waals surface area contributed by atoms with Crippen LogP contribution in [0, 0.1) is 23.7 Å². The van der Waals surface area contributed by atoms with E-state index in [4.69, 9.17) is 0 Å². The summed E-state index contributed by atoms with van der Waals surface area (Å²) in [7, 11) is 0. The van der Waals surface area contributed by atoms with Crippen molar-refractivity contribution in [2.24, 2.45) is 23.7 Å². The van der Waals surface area contributed by atoms with Crippen molar-refractivity contribution in [3.63, 3.8) is 0 Å². The van der Waals surface area contributed by atoms with Gasteiger partial charge in [-0.25, -0.2) is 0 Å². The summed E-state index contributed by atoms with van der Waals surface area (Å²) < 4.78 is 0. The van der Waals surface area contributed by atoms with Crippen molar-refractivity contribution in [1.82, 2.24) is 0 Å². The van der Waals surface area contributed by atoms with E-state index in [1.807, 2.05) is 34.6 Å². The molecule has 1 aliphatic rings. The lowest BCUT2D eigenvalue weighted by atomic mass is 9.78. The molecule has 26 heavy (non-hydrogen) atoms. The molecule has 150 valence electrons. The number of allylic oxidation sites excluding steroid dienone is 1. The molecule has 2 unspecified atom stereocenters. The van der Waals surface area contributed by atoms with Crippen LogP contribution < -0.4 is 0 Å². The third kappa shape index (κ3) is 4.55. The van der Waals surface area contributed by atoms with Gasteiger partial charge in [-0.1, -0.05) is 48.0 Å². The fourth-order valence-corrected chi connectivity index (χ4v) is 3.48. The van der Waals surface area contributed by atoms with Crippen molar-refractivity contribution in [3.05, 3.63) is 11.3 Å². The van der Waals surface area contributed by atoms with E-state index in [2.05, 4.69) is 0 Å². The summed E-state index contributed by atoms with van der Waals surface area (Å²) in [5, 5.41) is 32.6. The number of aliphatic hydroxyl groups is 3. The minimum Gasteiger partial charge on any atom is -0.508 e. The molecule has 0 aromatic rings. The Morgan fingerprint density at radius 1 is 1.08 bits per heavy atom. The zero-order chi connectivity index (χ0) is 20.2. The van der Waals surface area contributed by atoms with Gasteiger partial charge in [0, 0.05) is 5.92 Å². The molecule has 0 spiro atoms. The summed E-state index contributed by atoms with van der Waals surface area (Å²) in [6.45, 7) is 11.5. The maximum absolute atomic E-state index is 12.9. The van der Waals surface area contributed by atoms with E-state index in [0.717, 1.165) is 0 Å². The number of ketones is 2. The molecule has 0 bridgehead atoms. The molecule has 0 saturated heterocycles. The molecule has 0 radical (unpaired) electrons. The zero-order valence-corrected chi connectivity index (χ0v) is 17.1. The highest BCUT2D eigenvalue weighted by molar-refractivity contribution is 6.24. The van der Waals surface area contributed by atoms with Gasteiger partial charge in [-0.05, 0) is 37.5 Å². The van der Waals surface area contributed by atoms with Gasteiger partial charge in [-0.3, -0.25) is 9.59 Å². The minimum atomic E-state index is -2.07. The molecule has 3 N–H and O–H groups in total. The molecule has 1 rings (SSSR count). The van der Waals surface area contributed by atoms with Crippen LogP contribution in [0.1, 0.15) is 73.6 Å². The van der Waals surface area contributed by atoms with Crippen molar-refractivity contribution >= 4 is 11.6 Å². The van der Waals surface area contributed by atoms with Crippen LogP contribution in [0.25, 0.3) is 0 Å². The number of carbonyl (C=O) groups is 2. The van der Waals surface area contributed by atoms with E-state index in [9.17, 15) is 24.9 Å². The van der Waals surface area contributed by atoms with Gasteiger partial charge in [0.2, 0.25) is 0 Å². The average molecular weight is 369 g/mol. The van der Waals surface area contributed by atoms with E-state index in [1.54, 1.807) is 6.92 Å². The highest BCUT2D eigenvalue weighted by Crippen LogP contribution is 2.44. The Bertz CT molecular complexity index is 549. The molecule has 0 saturated carbocycles. The summed E-state index contributed by atoms with van der Waals surface area (Å²) in [6, 6.07) is 0. The van der Waals surface area contributed by atoms with Crippen molar-refractivity contribution in [3.8, 4) is 0 Å². The quantitative estimate of drug-likeness (QED) is 0.512. The van der Waals surface area contributed by atoms with Crippen LogP contribution in [0.3, 0.4) is 0 Å². The Labute approximate surface area is 157 Å². The summed E-state index contributed by atoms with van der Waals surface area (Å²) in [5.74, 6) is -2.39. The lowest BCUT2D eigenvalue weighted by molar-refractivity contribution is -0.137. The second kappa shape index (κ2) is 9.14. The van der Waals surface area contributed by atoms with Gasteiger partial charge >= 0.3 is 0 Å². The van der Waals surface area contributed by atoms with E-state index < -0.39 is 40.9 Å². The summed E-state index contributed by atoms with van der Waals surface area (Å²) in [4.78, 5) is 25.6. The first-order valence-electron chi connectivity index (χ1n) is 9.90. The second-order valence-corrected chi connectivity index (χ2v) is 8.60. The Hall–Kier alpha value is -1.20. The highest BCUT2D eigenvalue weighted by Gasteiger charge is 2.58. The molecule has 1 aliphatic carbocycles. The molecule has 0 fully saturated rings. The van der Waals surface area contributed by atoms with Gasteiger partial charge < -0.3 is 15.3 Å². The number of hydrogen-bond donors (Lipinski definition) is 3. The zero-order valence-electron chi connectivity index (χ0n) is 17.1. The van der Waals surface area contributed by atoms with Crippen LogP contribution in [0.15, 0.2) is 11.3 Å². The molecular formula is C21H36O5. The first kappa shape index (κ1) is 22.8. The molecule has 0 amide bonds. The van der Waals surface area contributed by atoms with Crippen LogP contribution in [-0.2, 0) is 9.59 Å². The van der Waals surface area contributed by atoms with Gasteiger partial charge in [0.15, 0.2) is 17.2 Å². The Kier molecular flexibility index (Phi) is 8.03. The lowest BCUT2D eigenvalue weighted by Crippen LogP contribution is -2.49. The van der Waals surface area contributed by atoms with E-state index in [1.165, 1.54) is 0 Å². The van der Waals surface area contributed by atoms with Gasteiger partial charge in [0.05, 0.1) is 12.0 Å². The minimum absolute atomic E-state index is 0.258. The normalized spacial score (nSPS) is 26.1. The van der Waals surface area contributed by atoms with Crippen LogP contribution in [-0.4, -0.2) is 38.6 Å². The number of rotatable bonds is 10. The van der Waals surface area contributed by atoms with Crippen LogP contribution in [0.2, 0.25) is 0 Å². The predicted molar refractivity (Wildman–Crippen MR) is 102 cm³/mol. The SMILES string of the molecule is CCC(C)C(=O)C1=C(O)[C@](O)([C@@H](O)CCC(C)C)C(CCC(C)C)C1=O. The molecule has 4 atom stereocenters. The largest absolute Gasteiger partial charge is 0.508 e. The maximum atomic E-state index is 12.9. The topological polar surface area (TPSA) is 94.8 Å². The summed E-state index contributed by atoms with van der Waals surface area (Å²) in [5.41, 5.74) is -2.38. The summed E-state index contributed by atoms with van der Waals surface area (Å²) in [6.07, 6.45) is 1.15. The fraction of sp³-hybridized carbons (Fsp3) is 0.810. The smallest absolute Gasteiger partial charge is 0.176 e. The number of aliphatic hydroxyl groups excluding tert-OH is 2. The Morgan fingerprint density at radius 3 is 2.08 bits per heavy atom. The van der Waals surface area contributed by atoms with Gasteiger partial charge in [-0.15, -0.1) is 0 Å². The van der Waals surface area contributed by atoms with E-state index in [0.29, 0.717) is 37.5 Å². The standard InChI is InChI=1S/C21H36O5/c1-7-14(6)18(23)17-19(24)15(10-8-12(2)3)21(26,20(17)25)16(22)11-9-13(4)5/h12-16,22,25-26H,7-11H2,1-6H3/t14?,15?,16-,21+/m0/s1. The lowest BCUT2D eigenvalue weighted by Gasteiger charge is -2.34. The second-order valence-electron chi connectivity index (χ2n) is 8.60. The van der Waals surface area contributed by atoms with Crippen molar-refractivity contribution in [2.45, 2.75) is 85.4 Å². The number of carbonyl (C=O) groups excluding carboxylic acids is 2. The summed E-state index contributed by atoms with van der Waals surface area (Å²) >= 11 is 0. The maximum Gasteiger partial charge on any atom is 0.176 e. The van der Waals surface area contributed by atoms with Crippen molar-refractivity contribution < 1.29 is 24.9 Å².